The van der Waals surface area contributed by atoms with Crippen LogP contribution in [0.1, 0.15) is 42.5 Å². The van der Waals surface area contributed by atoms with Crippen LogP contribution in [0.3, 0.4) is 0 Å². The number of amides is 2. The normalized spacial score (nSPS) is 24.5. The molecule has 21 heavy (non-hydrogen) atoms. The number of hydrogen-bond acceptors (Lipinski definition) is 2. The van der Waals surface area contributed by atoms with Gasteiger partial charge in [-0.05, 0) is 43.7 Å². The molecule has 1 aromatic carbocycles. The molecule has 1 saturated heterocycles. The first-order valence-corrected chi connectivity index (χ1v) is 7.57. The zero-order chi connectivity index (χ0) is 14.8. The second-order valence-electron chi connectivity index (χ2n) is 5.87. The number of hydrogen-bond donors (Lipinski definition) is 2. The Hall–Kier alpha value is -2.04. The maximum atomic E-state index is 12.5. The molecule has 1 saturated carbocycles. The van der Waals surface area contributed by atoms with Crippen molar-refractivity contribution in [3.05, 3.63) is 29.8 Å². The lowest BCUT2D eigenvalue weighted by Crippen LogP contribution is -2.48. The number of anilines is 1. The number of carboxylic acid groups (broad SMARTS) is 1. The van der Waals surface area contributed by atoms with E-state index < -0.39 is 5.97 Å². The van der Waals surface area contributed by atoms with Crippen molar-refractivity contribution in [1.29, 1.82) is 0 Å². The Morgan fingerprint density at radius 3 is 2.71 bits per heavy atom. The van der Waals surface area contributed by atoms with Crippen LogP contribution in [0.2, 0.25) is 0 Å². The minimum Gasteiger partial charge on any atom is -0.478 e. The number of carbonyl (C=O) groups is 2. The first-order valence-electron chi connectivity index (χ1n) is 7.57. The summed E-state index contributed by atoms with van der Waals surface area (Å²) in [5.41, 5.74) is 0.501. The Morgan fingerprint density at radius 1 is 1.14 bits per heavy atom. The van der Waals surface area contributed by atoms with E-state index in [4.69, 9.17) is 0 Å². The van der Waals surface area contributed by atoms with Crippen LogP contribution >= 0.6 is 0 Å². The number of fused-ring (bicyclic) bond motifs is 1. The highest BCUT2D eigenvalue weighted by Gasteiger charge is 2.37. The monoisotopic (exact) mass is 288 g/mol. The van der Waals surface area contributed by atoms with E-state index in [0.717, 1.165) is 19.4 Å². The van der Waals surface area contributed by atoms with Crippen LogP contribution in [-0.2, 0) is 0 Å². The number of carbonyl (C=O) groups excluding carboxylic acids is 1. The van der Waals surface area contributed by atoms with Crippen LogP contribution in [0.4, 0.5) is 10.5 Å². The molecule has 1 aliphatic carbocycles. The highest BCUT2D eigenvalue weighted by atomic mass is 16.4. The molecule has 2 amide bonds. The molecule has 5 heteroatoms. The van der Waals surface area contributed by atoms with Gasteiger partial charge in [-0.15, -0.1) is 0 Å². The number of nitrogens with zero attached hydrogens (tertiary/aromatic N) is 1. The molecule has 112 valence electrons. The van der Waals surface area contributed by atoms with Crippen LogP contribution in [0.15, 0.2) is 24.3 Å². The second kappa shape index (κ2) is 5.76. The van der Waals surface area contributed by atoms with E-state index in [1.165, 1.54) is 25.3 Å². The average Bonchev–Trinajstić information content (AvgIpc) is 2.95. The van der Waals surface area contributed by atoms with Crippen LogP contribution in [0, 0.1) is 5.92 Å². The molecule has 2 N–H and O–H groups in total. The topological polar surface area (TPSA) is 69.6 Å². The van der Waals surface area contributed by atoms with Gasteiger partial charge in [-0.3, -0.25) is 0 Å². The Labute approximate surface area is 123 Å². The SMILES string of the molecule is O=C(O)c1ccccc1NC(=O)N1CCCC2CCCC21. The molecule has 5 nitrogen and oxygen atoms in total. The van der Waals surface area contributed by atoms with Gasteiger partial charge >= 0.3 is 12.0 Å². The van der Waals surface area contributed by atoms with Gasteiger partial charge in [0.2, 0.25) is 0 Å². The molecule has 1 aromatic rings. The predicted molar refractivity (Wildman–Crippen MR) is 79.5 cm³/mol. The van der Waals surface area contributed by atoms with Crippen LogP contribution < -0.4 is 5.32 Å². The fraction of sp³-hybridized carbons (Fsp3) is 0.500. The van der Waals surface area contributed by atoms with E-state index >= 15 is 0 Å². The van der Waals surface area contributed by atoms with Gasteiger partial charge in [0, 0.05) is 12.6 Å². The van der Waals surface area contributed by atoms with Crippen LogP contribution in [-0.4, -0.2) is 34.6 Å². The van der Waals surface area contributed by atoms with Crippen LogP contribution in [0.5, 0.6) is 0 Å². The molecule has 1 heterocycles. The zero-order valence-electron chi connectivity index (χ0n) is 11.9. The number of aromatic carboxylic acids is 1. The predicted octanol–water partition coefficient (Wildman–Crippen LogP) is 3.18. The van der Waals surface area contributed by atoms with Crippen molar-refractivity contribution in [2.24, 2.45) is 5.92 Å². The molecular formula is C16H20N2O3. The standard InChI is InChI=1S/C16H20N2O3/c19-15(20)12-7-1-2-8-13(12)17-16(21)18-10-4-6-11-5-3-9-14(11)18/h1-2,7-8,11,14H,3-6,9-10H2,(H,17,21)(H,19,20). The molecule has 0 spiro atoms. The van der Waals surface area contributed by atoms with E-state index in [2.05, 4.69) is 5.32 Å². The molecule has 3 rings (SSSR count). The number of rotatable bonds is 2. The van der Waals surface area contributed by atoms with E-state index in [9.17, 15) is 14.7 Å². The van der Waals surface area contributed by atoms with Gasteiger partial charge in [0.15, 0.2) is 0 Å². The third-order valence-corrected chi connectivity index (χ3v) is 4.65. The highest BCUT2D eigenvalue weighted by molar-refractivity contribution is 6.00. The van der Waals surface area contributed by atoms with E-state index in [0.29, 0.717) is 17.6 Å². The summed E-state index contributed by atoms with van der Waals surface area (Å²) in [5.74, 6) is -0.400. The summed E-state index contributed by atoms with van der Waals surface area (Å²) >= 11 is 0. The summed E-state index contributed by atoms with van der Waals surface area (Å²) in [7, 11) is 0. The summed E-state index contributed by atoms with van der Waals surface area (Å²) in [6.07, 6.45) is 5.71. The molecule has 2 unspecified atom stereocenters. The van der Waals surface area contributed by atoms with Crippen molar-refractivity contribution in [1.82, 2.24) is 4.90 Å². The number of piperidine rings is 1. The maximum Gasteiger partial charge on any atom is 0.337 e. The first-order chi connectivity index (χ1) is 10.2. The minimum absolute atomic E-state index is 0.130. The zero-order valence-corrected chi connectivity index (χ0v) is 11.9. The van der Waals surface area contributed by atoms with Gasteiger partial charge in [-0.25, -0.2) is 9.59 Å². The first kappa shape index (κ1) is 13.9. The fourth-order valence-electron chi connectivity index (χ4n) is 3.67. The molecule has 1 aliphatic heterocycles. The lowest BCUT2D eigenvalue weighted by Gasteiger charge is -2.37. The Morgan fingerprint density at radius 2 is 1.90 bits per heavy atom. The maximum absolute atomic E-state index is 12.5. The van der Waals surface area contributed by atoms with Crippen molar-refractivity contribution in [2.75, 3.05) is 11.9 Å². The number of carboxylic acids is 1. The number of urea groups is 1. The quantitative estimate of drug-likeness (QED) is 0.878. The molecule has 2 fully saturated rings. The Kier molecular flexibility index (Phi) is 3.82. The summed E-state index contributed by atoms with van der Waals surface area (Å²) in [6.45, 7) is 0.766. The molecule has 0 bridgehead atoms. The second-order valence-corrected chi connectivity index (χ2v) is 5.87. The van der Waals surface area contributed by atoms with Crippen molar-refractivity contribution >= 4 is 17.7 Å². The van der Waals surface area contributed by atoms with Gasteiger partial charge in [0.25, 0.3) is 0 Å². The highest BCUT2D eigenvalue weighted by Crippen LogP contribution is 2.37. The average molecular weight is 288 g/mol. The van der Waals surface area contributed by atoms with Crippen molar-refractivity contribution < 1.29 is 14.7 Å². The van der Waals surface area contributed by atoms with Crippen molar-refractivity contribution in [2.45, 2.75) is 38.1 Å². The smallest absolute Gasteiger partial charge is 0.337 e. The minimum atomic E-state index is -1.02. The molecule has 0 radical (unpaired) electrons. The van der Waals surface area contributed by atoms with Gasteiger partial charge in [-0.2, -0.15) is 0 Å². The van der Waals surface area contributed by atoms with Gasteiger partial charge in [0.1, 0.15) is 0 Å². The number of benzene rings is 1. The molecule has 2 atom stereocenters. The largest absolute Gasteiger partial charge is 0.478 e. The van der Waals surface area contributed by atoms with E-state index in [1.807, 2.05) is 4.90 Å². The Balaban J connectivity index is 1.76. The Bertz CT molecular complexity index is 558. The fourth-order valence-corrected chi connectivity index (χ4v) is 3.67. The summed E-state index contributed by atoms with van der Waals surface area (Å²) in [6, 6.07) is 6.70. The van der Waals surface area contributed by atoms with Gasteiger partial charge < -0.3 is 15.3 Å². The number of para-hydroxylation sites is 1. The molecule has 2 aliphatic rings. The number of likely N-dealkylation sites (tertiary alicyclic amines) is 1. The van der Waals surface area contributed by atoms with Gasteiger partial charge in [-0.1, -0.05) is 18.6 Å². The lowest BCUT2D eigenvalue weighted by atomic mass is 9.92. The summed E-state index contributed by atoms with van der Waals surface area (Å²) < 4.78 is 0. The van der Waals surface area contributed by atoms with Crippen molar-refractivity contribution in [3.63, 3.8) is 0 Å². The van der Waals surface area contributed by atoms with Crippen LogP contribution in [0.25, 0.3) is 0 Å². The third-order valence-electron chi connectivity index (χ3n) is 4.65. The lowest BCUT2D eigenvalue weighted by molar-refractivity contribution is 0.0698. The molecule has 0 aromatic heterocycles. The van der Waals surface area contributed by atoms with E-state index in [1.54, 1.807) is 18.2 Å². The van der Waals surface area contributed by atoms with Gasteiger partial charge in [0.05, 0.1) is 11.3 Å². The number of nitrogens with one attached hydrogen (secondary N) is 1. The summed E-state index contributed by atoms with van der Waals surface area (Å²) in [5, 5.41) is 12.0. The molecular weight excluding hydrogens is 268 g/mol. The summed E-state index contributed by atoms with van der Waals surface area (Å²) in [4.78, 5) is 25.6. The van der Waals surface area contributed by atoms with E-state index in [-0.39, 0.29) is 11.6 Å². The van der Waals surface area contributed by atoms with Crippen molar-refractivity contribution in [3.8, 4) is 0 Å². The third kappa shape index (κ3) is 2.73.